The summed E-state index contributed by atoms with van der Waals surface area (Å²) in [5, 5.41) is 4.03. The average molecular weight is 251 g/mol. The normalized spacial score (nSPS) is 18.6. The first kappa shape index (κ1) is 13.1. The fourth-order valence-corrected chi connectivity index (χ4v) is 2.45. The standard InChI is InChI=1S/C13H21N3O2/c1-13(5-8-18-9-6-13)10-15(2)12(17)11-4-7-14-16(11)3/h4,7H,5-6,8-10H2,1-3H3. The molecule has 0 bridgehead atoms. The van der Waals surface area contributed by atoms with Gasteiger partial charge in [-0.25, -0.2) is 0 Å². The molecule has 0 aromatic carbocycles. The number of rotatable bonds is 3. The molecular formula is C13H21N3O2. The van der Waals surface area contributed by atoms with E-state index in [-0.39, 0.29) is 11.3 Å². The van der Waals surface area contributed by atoms with Gasteiger partial charge in [0.15, 0.2) is 0 Å². The number of hydrogen-bond donors (Lipinski definition) is 0. The van der Waals surface area contributed by atoms with Gasteiger partial charge in [0.2, 0.25) is 0 Å². The number of ether oxygens (including phenoxy) is 1. The van der Waals surface area contributed by atoms with Crippen molar-refractivity contribution in [1.82, 2.24) is 14.7 Å². The Morgan fingerprint density at radius 1 is 1.56 bits per heavy atom. The molecule has 0 spiro atoms. The molecule has 0 saturated carbocycles. The largest absolute Gasteiger partial charge is 0.381 e. The molecule has 0 unspecified atom stereocenters. The molecule has 1 aliphatic rings. The highest BCUT2D eigenvalue weighted by atomic mass is 16.5. The van der Waals surface area contributed by atoms with Gasteiger partial charge in [0, 0.05) is 40.1 Å². The zero-order valence-corrected chi connectivity index (χ0v) is 11.3. The van der Waals surface area contributed by atoms with E-state index < -0.39 is 0 Å². The third-order valence-corrected chi connectivity index (χ3v) is 3.71. The Morgan fingerprint density at radius 2 is 2.22 bits per heavy atom. The number of amides is 1. The van der Waals surface area contributed by atoms with Crippen LogP contribution in [0.3, 0.4) is 0 Å². The van der Waals surface area contributed by atoms with Crippen LogP contribution in [0.4, 0.5) is 0 Å². The van der Waals surface area contributed by atoms with Crippen LogP contribution in [0, 0.1) is 5.41 Å². The molecule has 1 amide bonds. The lowest BCUT2D eigenvalue weighted by Gasteiger charge is -2.36. The molecule has 1 saturated heterocycles. The van der Waals surface area contributed by atoms with Gasteiger partial charge in [0.1, 0.15) is 5.69 Å². The van der Waals surface area contributed by atoms with Crippen molar-refractivity contribution in [2.24, 2.45) is 12.5 Å². The number of aryl methyl sites for hydroxylation is 1. The minimum absolute atomic E-state index is 0.0303. The molecule has 100 valence electrons. The van der Waals surface area contributed by atoms with Gasteiger partial charge in [-0.05, 0) is 24.3 Å². The Kier molecular flexibility index (Phi) is 3.71. The highest BCUT2D eigenvalue weighted by molar-refractivity contribution is 5.92. The second kappa shape index (κ2) is 5.10. The van der Waals surface area contributed by atoms with Gasteiger partial charge in [0.25, 0.3) is 5.91 Å². The summed E-state index contributed by atoms with van der Waals surface area (Å²) in [4.78, 5) is 14.1. The molecule has 0 N–H and O–H groups in total. The van der Waals surface area contributed by atoms with E-state index in [1.54, 1.807) is 28.9 Å². The molecule has 1 aromatic heterocycles. The lowest BCUT2D eigenvalue weighted by Crippen LogP contribution is -2.41. The van der Waals surface area contributed by atoms with Gasteiger partial charge in [-0.3, -0.25) is 9.48 Å². The van der Waals surface area contributed by atoms with E-state index in [0.29, 0.717) is 5.69 Å². The highest BCUT2D eigenvalue weighted by Gasteiger charge is 2.30. The topological polar surface area (TPSA) is 47.4 Å². The van der Waals surface area contributed by atoms with Crippen molar-refractivity contribution < 1.29 is 9.53 Å². The van der Waals surface area contributed by atoms with Crippen LogP contribution < -0.4 is 0 Å². The first-order valence-electron chi connectivity index (χ1n) is 6.33. The monoisotopic (exact) mass is 251 g/mol. The number of hydrogen-bond acceptors (Lipinski definition) is 3. The Hall–Kier alpha value is -1.36. The molecular weight excluding hydrogens is 230 g/mol. The minimum atomic E-state index is 0.0303. The molecule has 1 aliphatic heterocycles. The van der Waals surface area contributed by atoms with Crippen LogP contribution in [-0.4, -0.2) is 47.4 Å². The third-order valence-electron chi connectivity index (χ3n) is 3.71. The number of carbonyl (C=O) groups excluding carboxylic acids is 1. The zero-order valence-electron chi connectivity index (χ0n) is 11.3. The van der Waals surface area contributed by atoms with Crippen molar-refractivity contribution in [3.63, 3.8) is 0 Å². The predicted octanol–water partition coefficient (Wildman–Crippen LogP) is 1.31. The lowest BCUT2D eigenvalue weighted by molar-refractivity contribution is 0.00897. The molecule has 1 fully saturated rings. The zero-order chi connectivity index (χ0) is 13.2. The summed E-state index contributed by atoms with van der Waals surface area (Å²) in [6, 6.07) is 1.76. The Bertz CT molecular complexity index is 422. The maximum Gasteiger partial charge on any atom is 0.271 e. The van der Waals surface area contributed by atoms with Crippen LogP contribution in [0.5, 0.6) is 0 Å². The van der Waals surface area contributed by atoms with Crippen LogP contribution in [0.15, 0.2) is 12.3 Å². The Balaban J connectivity index is 2.01. The van der Waals surface area contributed by atoms with E-state index in [2.05, 4.69) is 12.0 Å². The van der Waals surface area contributed by atoms with Gasteiger partial charge in [0.05, 0.1) is 0 Å². The van der Waals surface area contributed by atoms with Crippen molar-refractivity contribution in [3.8, 4) is 0 Å². The molecule has 5 heteroatoms. The summed E-state index contributed by atoms with van der Waals surface area (Å²) in [7, 11) is 3.65. The molecule has 18 heavy (non-hydrogen) atoms. The Labute approximate surface area is 108 Å². The van der Waals surface area contributed by atoms with Crippen LogP contribution in [-0.2, 0) is 11.8 Å². The maximum atomic E-state index is 12.3. The summed E-state index contributed by atoms with van der Waals surface area (Å²) in [6.45, 7) is 4.58. The van der Waals surface area contributed by atoms with Gasteiger partial charge in [-0.15, -0.1) is 0 Å². The second-order valence-electron chi connectivity index (χ2n) is 5.42. The van der Waals surface area contributed by atoms with E-state index in [1.807, 2.05) is 7.05 Å². The van der Waals surface area contributed by atoms with E-state index in [9.17, 15) is 4.79 Å². The fourth-order valence-electron chi connectivity index (χ4n) is 2.45. The van der Waals surface area contributed by atoms with Crippen LogP contribution >= 0.6 is 0 Å². The van der Waals surface area contributed by atoms with Gasteiger partial charge < -0.3 is 9.64 Å². The van der Waals surface area contributed by atoms with Crippen molar-refractivity contribution >= 4 is 5.91 Å². The van der Waals surface area contributed by atoms with Crippen LogP contribution in [0.2, 0.25) is 0 Å². The van der Waals surface area contributed by atoms with Gasteiger partial charge in [-0.2, -0.15) is 5.10 Å². The van der Waals surface area contributed by atoms with Gasteiger partial charge in [-0.1, -0.05) is 6.92 Å². The first-order valence-corrected chi connectivity index (χ1v) is 6.33. The van der Waals surface area contributed by atoms with E-state index in [4.69, 9.17) is 4.74 Å². The molecule has 1 aromatic rings. The molecule has 2 rings (SSSR count). The summed E-state index contributed by atoms with van der Waals surface area (Å²) in [5.74, 6) is 0.0303. The SMILES string of the molecule is CN(CC1(C)CCOCC1)C(=O)c1ccnn1C. The fraction of sp³-hybridized carbons (Fsp3) is 0.692. The summed E-state index contributed by atoms with van der Waals surface area (Å²) < 4.78 is 7.00. The van der Waals surface area contributed by atoms with Gasteiger partial charge >= 0.3 is 0 Å². The Morgan fingerprint density at radius 3 is 2.78 bits per heavy atom. The average Bonchev–Trinajstić information content (AvgIpc) is 2.74. The number of aromatic nitrogens is 2. The maximum absolute atomic E-state index is 12.3. The minimum Gasteiger partial charge on any atom is -0.381 e. The quantitative estimate of drug-likeness (QED) is 0.813. The van der Waals surface area contributed by atoms with Crippen molar-refractivity contribution in [2.75, 3.05) is 26.8 Å². The second-order valence-corrected chi connectivity index (χ2v) is 5.42. The van der Waals surface area contributed by atoms with Crippen molar-refractivity contribution in [2.45, 2.75) is 19.8 Å². The molecule has 0 aliphatic carbocycles. The molecule has 2 heterocycles. The lowest BCUT2D eigenvalue weighted by atomic mass is 9.82. The molecule has 5 nitrogen and oxygen atoms in total. The number of nitrogens with zero attached hydrogens (tertiary/aromatic N) is 3. The van der Waals surface area contributed by atoms with Crippen LogP contribution in [0.1, 0.15) is 30.3 Å². The molecule has 0 radical (unpaired) electrons. The van der Waals surface area contributed by atoms with Crippen molar-refractivity contribution in [3.05, 3.63) is 18.0 Å². The predicted molar refractivity (Wildman–Crippen MR) is 68.3 cm³/mol. The summed E-state index contributed by atoms with van der Waals surface area (Å²) in [5.41, 5.74) is 0.800. The smallest absolute Gasteiger partial charge is 0.271 e. The highest BCUT2D eigenvalue weighted by Crippen LogP contribution is 2.30. The van der Waals surface area contributed by atoms with Crippen LogP contribution in [0.25, 0.3) is 0 Å². The number of carbonyl (C=O) groups is 1. The summed E-state index contributed by atoms with van der Waals surface area (Å²) in [6.07, 6.45) is 3.67. The van der Waals surface area contributed by atoms with E-state index in [1.165, 1.54) is 0 Å². The third kappa shape index (κ3) is 2.72. The molecule has 0 atom stereocenters. The van der Waals surface area contributed by atoms with E-state index >= 15 is 0 Å². The van der Waals surface area contributed by atoms with E-state index in [0.717, 1.165) is 32.6 Å². The first-order chi connectivity index (χ1) is 8.52. The summed E-state index contributed by atoms with van der Waals surface area (Å²) >= 11 is 0. The van der Waals surface area contributed by atoms with Crippen molar-refractivity contribution in [1.29, 1.82) is 0 Å².